The summed E-state index contributed by atoms with van der Waals surface area (Å²) < 4.78 is 14.8. The van der Waals surface area contributed by atoms with Crippen molar-refractivity contribution in [1.29, 1.82) is 0 Å². The number of pyridine rings is 1. The summed E-state index contributed by atoms with van der Waals surface area (Å²) in [7, 11) is 0. The van der Waals surface area contributed by atoms with E-state index in [4.69, 9.17) is 17.3 Å². The van der Waals surface area contributed by atoms with Gasteiger partial charge in [-0.05, 0) is 52.2 Å². The van der Waals surface area contributed by atoms with Crippen LogP contribution in [0.15, 0.2) is 41.0 Å². The highest BCUT2D eigenvalue weighted by Gasteiger charge is 2.13. The second-order valence-electron chi connectivity index (χ2n) is 4.81. The number of fused-ring (bicyclic) bond motifs is 1. The minimum Gasteiger partial charge on any atom is -0.383 e. The first-order valence-electron chi connectivity index (χ1n) is 6.27. The molecule has 0 saturated carbocycles. The molecule has 1 aromatic heterocycles. The normalized spacial score (nSPS) is 11.0. The Kier molecular flexibility index (Phi) is 3.59. The van der Waals surface area contributed by atoms with Crippen molar-refractivity contribution in [2.75, 3.05) is 5.73 Å². The fraction of sp³-hybridized carbons (Fsp3) is 0.0625. The maximum absolute atomic E-state index is 14.1. The predicted molar refractivity (Wildman–Crippen MR) is 89.0 cm³/mol. The van der Waals surface area contributed by atoms with Crippen LogP contribution in [0.3, 0.4) is 0 Å². The number of aromatic nitrogens is 1. The number of anilines is 1. The van der Waals surface area contributed by atoms with Crippen molar-refractivity contribution in [1.82, 2.24) is 4.98 Å². The van der Waals surface area contributed by atoms with Gasteiger partial charge in [-0.25, -0.2) is 9.37 Å². The lowest BCUT2D eigenvalue weighted by atomic mass is 9.98. The van der Waals surface area contributed by atoms with Gasteiger partial charge in [0.1, 0.15) is 11.6 Å². The molecule has 0 amide bonds. The number of hydrogen-bond acceptors (Lipinski definition) is 2. The van der Waals surface area contributed by atoms with Crippen molar-refractivity contribution >= 4 is 44.1 Å². The van der Waals surface area contributed by atoms with Crippen molar-refractivity contribution in [2.24, 2.45) is 0 Å². The van der Waals surface area contributed by atoms with Crippen LogP contribution in [0.4, 0.5) is 10.2 Å². The first-order valence-corrected chi connectivity index (χ1v) is 7.45. The number of rotatable bonds is 1. The van der Waals surface area contributed by atoms with Crippen LogP contribution < -0.4 is 5.73 Å². The SMILES string of the molecule is Cc1cccc(F)c1-c1cc(Cl)c2c(Br)c(N)ncc2c1. The molecular formula is C16H11BrClFN2. The van der Waals surface area contributed by atoms with Gasteiger partial charge in [0.15, 0.2) is 0 Å². The third-order valence-electron chi connectivity index (χ3n) is 3.42. The summed E-state index contributed by atoms with van der Waals surface area (Å²) in [5.74, 6) is 0.104. The second kappa shape index (κ2) is 5.28. The third-order valence-corrected chi connectivity index (χ3v) is 4.52. The lowest BCUT2D eigenvalue weighted by molar-refractivity contribution is 0.630. The Morgan fingerprint density at radius 1 is 1.29 bits per heavy atom. The van der Waals surface area contributed by atoms with Crippen LogP contribution in [-0.4, -0.2) is 4.98 Å². The summed E-state index contributed by atoms with van der Waals surface area (Å²) >= 11 is 9.75. The van der Waals surface area contributed by atoms with Gasteiger partial charge in [0.25, 0.3) is 0 Å². The Morgan fingerprint density at radius 2 is 2.05 bits per heavy atom. The van der Waals surface area contributed by atoms with Gasteiger partial charge >= 0.3 is 0 Å². The lowest BCUT2D eigenvalue weighted by Crippen LogP contribution is -1.94. The monoisotopic (exact) mass is 364 g/mol. The molecule has 0 bridgehead atoms. The molecule has 0 unspecified atom stereocenters. The highest BCUT2D eigenvalue weighted by molar-refractivity contribution is 9.10. The van der Waals surface area contributed by atoms with E-state index in [9.17, 15) is 4.39 Å². The van der Waals surface area contributed by atoms with Crippen LogP contribution in [0.2, 0.25) is 5.02 Å². The van der Waals surface area contributed by atoms with Crippen LogP contribution in [0.25, 0.3) is 21.9 Å². The van der Waals surface area contributed by atoms with Gasteiger partial charge in [0.05, 0.1) is 9.50 Å². The third kappa shape index (κ3) is 2.39. The largest absolute Gasteiger partial charge is 0.383 e. The molecule has 0 fully saturated rings. The molecule has 0 saturated heterocycles. The van der Waals surface area contributed by atoms with Gasteiger partial charge in [-0.3, -0.25) is 0 Å². The standard InChI is InChI=1S/C16H11BrClFN2/c1-8-3-2-4-12(19)13(8)9-5-10-7-21-16(20)15(17)14(10)11(18)6-9/h2-7H,1H3,(H2,20,21). The van der Waals surface area contributed by atoms with Gasteiger partial charge in [-0.1, -0.05) is 23.7 Å². The number of nitrogens with zero attached hydrogens (tertiary/aromatic N) is 1. The highest BCUT2D eigenvalue weighted by atomic mass is 79.9. The average Bonchev–Trinajstić information content (AvgIpc) is 2.42. The van der Waals surface area contributed by atoms with Gasteiger partial charge in [0.2, 0.25) is 0 Å². The summed E-state index contributed by atoms with van der Waals surface area (Å²) in [5, 5.41) is 2.09. The van der Waals surface area contributed by atoms with Crippen molar-refractivity contribution in [3.63, 3.8) is 0 Å². The highest BCUT2D eigenvalue weighted by Crippen LogP contribution is 2.38. The molecule has 0 aliphatic carbocycles. The molecule has 2 nitrogen and oxygen atoms in total. The smallest absolute Gasteiger partial charge is 0.138 e. The maximum Gasteiger partial charge on any atom is 0.138 e. The van der Waals surface area contributed by atoms with E-state index in [-0.39, 0.29) is 5.82 Å². The Morgan fingerprint density at radius 3 is 2.76 bits per heavy atom. The van der Waals surface area contributed by atoms with Gasteiger partial charge < -0.3 is 5.73 Å². The van der Waals surface area contributed by atoms with Gasteiger partial charge in [-0.2, -0.15) is 0 Å². The molecule has 2 aromatic carbocycles. The van der Waals surface area contributed by atoms with Crippen LogP contribution in [0.1, 0.15) is 5.56 Å². The number of nitrogens with two attached hydrogens (primary N) is 1. The molecular weight excluding hydrogens is 355 g/mol. The topological polar surface area (TPSA) is 38.9 Å². The van der Waals surface area contributed by atoms with E-state index in [1.807, 2.05) is 19.1 Å². The molecule has 2 N–H and O–H groups in total. The average molecular weight is 366 g/mol. The zero-order chi connectivity index (χ0) is 15.1. The van der Waals surface area contributed by atoms with Gasteiger partial charge in [0, 0.05) is 22.5 Å². The Hall–Kier alpha value is -1.65. The molecule has 106 valence electrons. The van der Waals surface area contributed by atoms with Crippen LogP contribution in [0, 0.1) is 12.7 Å². The molecule has 0 atom stereocenters. The van der Waals surface area contributed by atoms with Crippen LogP contribution in [-0.2, 0) is 0 Å². The fourth-order valence-corrected chi connectivity index (χ4v) is 3.41. The molecule has 3 rings (SSSR count). The number of hydrogen-bond donors (Lipinski definition) is 1. The van der Waals surface area contributed by atoms with Crippen LogP contribution in [0.5, 0.6) is 0 Å². The molecule has 3 aromatic rings. The first kappa shape index (κ1) is 14.3. The van der Waals surface area contributed by atoms with E-state index >= 15 is 0 Å². The Bertz CT molecular complexity index is 844. The van der Waals surface area contributed by atoms with Crippen molar-refractivity contribution in [2.45, 2.75) is 6.92 Å². The fourth-order valence-electron chi connectivity index (χ4n) is 2.43. The number of halogens is 3. The molecule has 5 heteroatoms. The minimum absolute atomic E-state index is 0.270. The van der Waals surface area contributed by atoms with Crippen LogP contribution >= 0.6 is 27.5 Å². The lowest BCUT2D eigenvalue weighted by Gasteiger charge is -2.11. The van der Waals surface area contributed by atoms with Crippen molar-refractivity contribution < 1.29 is 4.39 Å². The molecule has 1 heterocycles. The summed E-state index contributed by atoms with van der Waals surface area (Å²) in [6.45, 7) is 1.87. The summed E-state index contributed by atoms with van der Waals surface area (Å²) in [5.41, 5.74) is 7.90. The summed E-state index contributed by atoms with van der Waals surface area (Å²) in [6, 6.07) is 8.62. The van der Waals surface area contributed by atoms with Gasteiger partial charge in [-0.15, -0.1) is 0 Å². The summed E-state index contributed by atoms with van der Waals surface area (Å²) in [4.78, 5) is 4.11. The van der Waals surface area contributed by atoms with E-state index in [1.165, 1.54) is 6.07 Å². The van der Waals surface area contributed by atoms with E-state index in [0.29, 0.717) is 20.9 Å². The van der Waals surface area contributed by atoms with E-state index in [2.05, 4.69) is 20.9 Å². The minimum atomic E-state index is -0.270. The number of aryl methyl sites for hydroxylation is 1. The van der Waals surface area contributed by atoms with Crippen molar-refractivity contribution in [3.8, 4) is 11.1 Å². The van der Waals surface area contributed by atoms with E-state index in [1.54, 1.807) is 18.3 Å². The molecule has 0 radical (unpaired) electrons. The Balaban J connectivity index is 2.34. The van der Waals surface area contributed by atoms with Crippen molar-refractivity contribution in [3.05, 3.63) is 57.4 Å². The summed E-state index contributed by atoms with van der Waals surface area (Å²) in [6.07, 6.45) is 1.64. The quantitative estimate of drug-likeness (QED) is 0.631. The second-order valence-corrected chi connectivity index (χ2v) is 6.01. The number of benzene rings is 2. The zero-order valence-corrected chi connectivity index (χ0v) is 13.5. The predicted octanol–water partition coefficient (Wildman–Crippen LogP) is 5.35. The first-order chi connectivity index (χ1) is 9.99. The Labute approximate surface area is 134 Å². The zero-order valence-electron chi connectivity index (χ0n) is 11.1. The maximum atomic E-state index is 14.1. The molecule has 21 heavy (non-hydrogen) atoms. The molecule has 0 spiro atoms. The number of nitrogen functional groups attached to an aromatic ring is 1. The molecule has 0 aliphatic heterocycles. The molecule has 0 aliphatic rings. The van der Waals surface area contributed by atoms with E-state index < -0.39 is 0 Å². The van der Waals surface area contributed by atoms with E-state index in [0.717, 1.165) is 21.9 Å².